The van der Waals surface area contributed by atoms with Crippen LogP contribution in [0.25, 0.3) is 11.0 Å². The lowest BCUT2D eigenvalue weighted by Crippen LogP contribution is -2.26. The van der Waals surface area contributed by atoms with Gasteiger partial charge in [-0.2, -0.15) is 0 Å². The Kier molecular flexibility index (Phi) is 5.44. The molecule has 0 saturated carbocycles. The number of aromatic nitrogens is 3. The van der Waals surface area contributed by atoms with E-state index in [1.165, 1.54) is 6.33 Å². The first-order chi connectivity index (χ1) is 14.8. The Morgan fingerprint density at radius 1 is 1.26 bits per heavy atom. The molecule has 164 valence electrons. The number of carbonyl (C=O) groups is 1. The molecule has 1 aliphatic rings. The molecule has 1 amide bonds. The van der Waals surface area contributed by atoms with Gasteiger partial charge in [0.05, 0.1) is 17.1 Å². The number of fused-ring (bicyclic) bond motifs is 2. The van der Waals surface area contributed by atoms with E-state index in [0.29, 0.717) is 40.5 Å². The fourth-order valence-corrected chi connectivity index (χ4v) is 4.34. The largest absolute Gasteiger partial charge is 0.474 e. The molecule has 1 atom stereocenters. The predicted octanol–water partition coefficient (Wildman–Crippen LogP) is 2.61. The topological polar surface area (TPSA) is 138 Å². The third-order valence-electron chi connectivity index (χ3n) is 4.96. The number of nitrogens with zero attached hydrogens (tertiary/aromatic N) is 2. The van der Waals surface area contributed by atoms with Crippen LogP contribution >= 0.6 is 0 Å². The Hall–Kier alpha value is -3.34. The van der Waals surface area contributed by atoms with Crippen molar-refractivity contribution < 1.29 is 17.9 Å². The van der Waals surface area contributed by atoms with Gasteiger partial charge in [0.2, 0.25) is 5.94 Å². The maximum Gasteiger partial charge on any atom is 0.268 e. The molecule has 2 aromatic heterocycles. The van der Waals surface area contributed by atoms with Crippen LogP contribution < -0.4 is 20.1 Å². The minimum atomic E-state index is -3.51. The summed E-state index contributed by atoms with van der Waals surface area (Å²) in [7, 11) is -3.51. The van der Waals surface area contributed by atoms with Gasteiger partial charge in [0, 0.05) is 6.54 Å². The van der Waals surface area contributed by atoms with E-state index >= 15 is 0 Å². The molecule has 0 saturated heterocycles. The van der Waals surface area contributed by atoms with Crippen molar-refractivity contribution >= 4 is 38.5 Å². The SMILES string of the molecule is CCNC(=O)c1cc2c(N[C@H](c3ccc4c(c3)NS(=O)(=O)CO4)C(C)C)ncnc2[nH]1. The highest BCUT2D eigenvalue weighted by Gasteiger charge is 2.25. The molecule has 0 unspecified atom stereocenters. The summed E-state index contributed by atoms with van der Waals surface area (Å²) >= 11 is 0. The summed E-state index contributed by atoms with van der Waals surface area (Å²) in [4.78, 5) is 23.8. The highest BCUT2D eigenvalue weighted by atomic mass is 32.2. The second kappa shape index (κ2) is 8.06. The first-order valence-electron chi connectivity index (χ1n) is 9.93. The average molecular weight is 445 g/mol. The molecule has 1 aromatic carbocycles. The maximum atomic E-state index is 12.2. The number of nitrogens with one attached hydrogen (secondary N) is 4. The van der Waals surface area contributed by atoms with E-state index in [2.05, 4.69) is 30.3 Å². The standard InChI is InChI=1S/C20H24N6O4S/c1-4-21-20(27)15-8-13-18(24-15)22-9-23-19(13)25-17(11(2)3)12-5-6-16-14(7-12)26-31(28,29)10-30-16/h5-9,11,17,26H,4,10H2,1-3H3,(H,21,27)(H2,22,23,24,25)/t17-/m0/s1. The predicted molar refractivity (Wildman–Crippen MR) is 118 cm³/mol. The van der Waals surface area contributed by atoms with Crippen molar-refractivity contribution in [1.29, 1.82) is 0 Å². The number of benzene rings is 1. The fourth-order valence-electron chi connectivity index (χ4n) is 3.50. The normalized spacial score (nSPS) is 15.6. The third kappa shape index (κ3) is 4.26. The van der Waals surface area contributed by atoms with Gasteiger partial charge < -0.3 is 20.4 Å². The lowest BCUT2D eigenvalue weighted by atomic mass is 9.95. The zero-order chi connectivity index (χ0) is 22.2. The van der Waals surface area contributed by atoms with Crippen LogP contribution in [-0.4, -0.2) is 41.8 Å². The molecule has 31 heavy (non-hydrogen) atoms. The summed E-state index contributed by atoms with van der Waals surface area (Å²) in [6, 6.07) is 6.94. The molecule has 3 heterocycles. The number of ether oxygens (including phenoxy) is 1. The molecular weight excluding hydrogens is 420 g/mol. The van der Waals surface area contributed by atoms with E-state index in [1.807, 2.05) is 26.8 Å². The number of H-pyrrole nitrogens is 1. The smallest absolute Gasteiger partial charge is 0.268 e. The number of carbonyl (C=O) groups excluding carboxylic acids is 1. The van der Waals surface area contributed by atoms with Gasteiger partial charge >= 0.3 is 0 Å². The molecule has 10 nitrogen and oxygen atoms in total. The Balaban J connectivity index is 1.68. The molecular formula is C20H24N6O4S. The minimum absolute atomic E-state index is 0.144. The van der Waals surface area contributed by atoms with Gasteiger partial charge in [0.25, 0.3) is 15.9 Å². The number of rotatable bonds is 6. The lowest BCUT2D eigenvalue weighted by Gasteiger charge is -2.26. The molecule has 0 radical (unpaired) electrons. The summed E-state index contributed by atoms with van der Waals surface area (Å²) in [6.45, 7) is 6.47. The van der Waals surface area contributed by atoms with Crippen molar-refractivity contribution in [3.63, 3.8) is 0 Å². The number of hydrogen-bond donors (Lipinski definition) is 4. The van der Waals surface area contributed by atoms with E-state index in [-0.39, 0.29) is 17.9 Å². The first-order valence-corrected chi connectivity index (χ1v) is 11.6. The van der Waals surface area contributed by atoms with Crippen LogP contribution in [0.3, 0.4) is 0 Å². The number of anilines is 2. The monoisotopic (exact) mass is 444 g/mol. The van der Waals surface area contributed by atoms with Gasteiger partial charge in [-0.3, -0.25) is 9.52 Å². The molecule has 11 heteroatoms. The van der Waals surface area contributed by atoms with E-state index < -0.39 is 16.0 Å². The van der Waals surface area contributed by atoms with Gasteiger partial charge in [-0.05, 0) is 36.6 Å². The molecule has 0 fully saturated rings. The summed E-state index contributed by atoms with van der Waals surface area (Å²) < 4.78 is 31.6. The Bertz CT molecular complexity index is 1240. The van der Waals surface area contributed by atoms with Crippen LogP contribution in [0.5, 0.6) is 5.75 Å². The van der Waals surface area contributed by atoms with Crippen LogP contribution in [0.15, 0.2) is 30.6 Å². The van der Waals surface area contributed by atoms with Crippen molar-refractivity contribution in [3.05, 3.63) is 41.9 Å². The highest BCUT2D eigenvalue weighted by Crippen LogP contribution is 2.36. The number of sulfonamides is 1. The number of amides is 1. The number of hydrogen-bond acceptors (Lipinski definition) is 7. The molecule has 4 rings (SSSR count). The third-order valence-corrected chi connectivity index (χ3v) is 5.92. The average Bonchev–Trinajstić information content (AvgIpc) is 3.16. The van der Waals surface area contributed by atoms with Crippen LogP contribution in [0.1, 0.15) is 42.9 Å². The molecule has 3 aromatic rings. The molecule has 0 spiro atoms. The van der Waals surface area contributed by atoms with Crippen molar-refractivity contribution in [1.82, 2.24) is 20.3 Å². The maximum absolute atomic E-state index is 12.2. The van der Waals surface area contributed by atoms with Gasteiger partial charge in [0.15, 0.2) is 0 Å². The summed E-state index contributed by atoms with van der Waals surface area (Å²) in [5.74, 6) is 0.596. The molecule has 0 aliphatic carbocycles. The Morgan fingerprint density at radius 2 is 2.06 bits per heavy atom. The van der Waals surface area contributed by atoms with Gasteiger partial charge in [-0.15, -0.1) is 0 Å². The summed E-state index contributed by atoms with van der Waals surface area (Å²) in [5, 5.41) is 6.88. The van der Waals surface area contributed by atoms with Crippen LogP contribution in [0.2, 0.25) is 0 Å². The zero-order valence-corrected chi connectivity index (χ0v) is 18.2. The van der Waals surface area contributed by atoms with Crippen molar-refractivity contribution in [2.24, 2.45) is 5.92 Å². The minimum Gasteiger partial charge on any atom is -0.474 e. The lowest BCUT2D eigenvalue weighted by molar-refractivity contribution is 0.0951. The van der Waals surface area contributed by atoms with Crippen LogP contribution in [-0.2, 0) is 10.0 Å². The number of aromatic amines is 1. The quantitative estimate of drug-likeness (QED) is 0.458. The van der Waals surface area contributed by atoms with Gasteiger partial charge in [-0.25, -0.2) is 18.4 Å². The van der Waals surface area contributed by atoms with E-state index in [1.54, 1.807) is 18.2 Å². The van der Waals surface area contributed by atoms with Crippen LogP contribution in [0.4, 0.5) is 11.5 Å². The molecule has 4 N–H and O–H groups in total. The Morgan fingerprint density at radius 3 is 2.81 bits per heavy atom. The van der Waals surface area contributed by atoms with Gasteiger partial charge in [-0.1, -0.05) is 19.9 Å². The summed E-state index contributed by atoms with van der Waals surface area (Å²) in [5.41, 5.74) is 2.23. The van der Waals surface area contributed by atoms with E-state index in [0.717, 1.165) is 5.56 Å². The Labute approximate surface area is 179 Å². The van der Waals surface area contributed by atoms with Crippen LogP contribution in [0, 0.1) is 5.92 Å². The van der Waals surface area contributed by atoms with E-state index in [4.69, 9.17) is 4.74 Å². The second-order valence-electron chi connectivity index (χ2n) is 7.63. The summed E-state index contributed by atoms with van der Waals surface area (Å²) in [6.07, 6.45) is 1.43. The van der Waals surface area contributed by atoms with Gasteiger partial charge in [0.1, 0.15) is 29.2 Å². The van der Waals surface area contributed by atoms with Crippen molar-refractivity contribution in [3.8, 4) is 5.75 Å². The van der Waals surface area contributed by atoms with E-state index in [9.17, 15) is 13.2 Å². The van der Waals surface area contributed by atoms with Crippen molar-refractivity contribution in [2.45, 2.75) is 26.8 Å². The zero-order valence-electron chi connectivity index (χ0n) is 17.4. The first kappa shape index (κ1) is 20.9. The molecule has 1 aliphatic heterocycles. The fraction of sp³-hybridized carbons (Fsp3) is 0.350. The molecule has 0 bridgehead atoms. The highest BCUT2D eigenvalue weighted by molar-refractivity contribution is 7.92. The second-order valence-corrected chi connectivity index (χ2v) is 9.30. The van der Waals surface area contributed by atoms with Crippen molar-refractivity contribution in [2.75, 3.05) is 22.5 Å².